The molecule has 0 fully saturated rings. The summed E-state index contributed by atoms with van der Waals surface area (Å²) in [5.41, 5.74) is 5.23. The SMILES string of the molecule is C=Cn1c(-c2ccncc2)c(-c2ccc(F)cc2)c2nc(Cl)ccc21. The van der Waals surface area contributed by atoms with Gasteiger partial charge in [-0.2, -0.15) is 0 Å². The minimum Gasteiger partial charge on any atom is -0.314 e. The van der Waals surface area contributed by atoms with E-state index in [-0.39, 0.29) is 5.82 Å². The van der Waals surface area contributed by atoms with Crippen LogP contribution in [0.25, 0.3) is 39.6 Å². The summed E-state index contributed by atoms with van der Waals surface area (Å²) in [6.45, 7) is 3.94. The van der Waals surface area contributed by atoms with E-state index in [1.807, 2.05) is 22.8 Å². The number of rotatable bonds is 3. The van der Waals surface area contributed by atoms with Gasteiger partial charge in [-0.25, -0.2) is 9.37 Å². The summed E-state index contributed by atoms with van der Waals surface area (Å²) in [7, 11) is 0. The lowest BCUT2D eigenvalue weighted by Crippen LogP contribution is -1.91. The molecule has 122 valence electrons. The van der Waals surface area contributed by atoms with Gasteiger partial charge in [0.05, 0.1) is 16.7 Å². The number of hydrogen-bond acceptors (Lipinski definition) is 2. The minimum absolute atomic E-state index is 0.285. The van der Waals surface area contributed by atoms with Crippen molar-refractivity contribution in [1.82, 2.24) is 14.5 Å². The smallest absolute Gasteiger partial charge is 0.129 e. The zero-order valence-corrected chi connectivity index (χ0v) is 13.9. The predicted molar refractivity (Wildman–Crippen MR) is 99.8 cm³/mol. The standard InChI is InChI=1S/C20H13ClFN3/c1-2-25-16-7-8-17(21)24-19(16)18(13-3-5-15(22)6-4-13)20(25)14-9-11-23-12-10-14/h2-12H,1H2. The Morgan fingerprint density at radius 1 is 0.960 bits per heavy atom. The molecule has 25 heavy (non-hydrogen) atoms. The number of halogens is 2. The minimum atomic E-state index is -0.285. The Labute approximate surface area is 149 Å². The van der Waals surface area contributed by atoms with Gasteiger partial charge in [0, 0.05) is 29.7 Å². The van der Waals surface area contributed by atoms with Crippen molar-refractivity contribution < 1.29 is 4.39 Å². The number of pyridine rings is 2. The van der Waals surface area contributed by atoms with E-state index in [1.54, 1.807) is 36.8 Å². The average Bonchev–Trinajstić information content (AvgIpc) is 2.96. The van der Waals surface area contributed by atoms with Crippen LogP contribution in [0.1, 0.15) is 0 Å². The number of aromatic nitrogens is 3. The van der Waals surface area contributed by atoms with Gasteiger partial charge >= 0.3 is 0 Å². The van der Waals surface area contributed by atoms with Gasteiger partial charge in [0.2, 0.25) is 0 Å². The molecular formula is C20H13ClFN3. The van der Waals surface area contributed by atoms with Crippen molar-refractivity contribution in [2.24, 2.45) is 0 Å². The predicted octanol–water partition coefficient (Wildman–Crippen LogP) is 5.66. The summed E-state index contributed by atoms with van der Waals surface area (Å²) in [6.07, 6.45) is 5.20. The van der Waals surface area contributed by atoms with E-state index >= 15 is 0 Å². The third-order valence-corrected chi connectivity index (χ3v) is 4.29. The van der Waals surface area contributed by atoms with Gasteiger partial charge < -0.3 is 4.57 Å². The summed E-state index contributed by atoms with van der Waals surface area (Å²) in [6, 6.07) is 13.8. The van der Waals surface area contributed by atoms with Gasteiger partial charge in [0.25, 0.3) is 0 Å². The average molecular weight is 350 g/mol. The lowest BCUT2D eigenvalue weighted by atomic mass is 10.0. The third-order valence-electron chi connectivity index (χ3n) is 4.08. The van der Waals surface area contributed by atoms with Crippen LogP contribution < -0.4 is 0 Å². The molecule has 0 radical (unpaired) electrons. The van der Waals surface area contributed by atoms with Crippen LogP contribution in [0, 0.1) is 5.82 Å². The van der Waals surface area contributed by atoms with Crippen molar-refractivity contribution >= 4 is 28.8 Å². The Morgan fingerprint density at radius 3 is 2.36 bits per heavy atom. The maximum Gasteiger partial charge on any atom is 0.129 e. The zero-order valence-electron chi connectivity index (χ0n) is 13.2. The van der Waals surface area contributed by atoms with Crippen molar-refractivity contribution in [3.8, 4) is 22.4 Å². The summed E-state index contributed by atoms with van der Waals surface area (Å²) in [5.74, 6) is -0.285. The Hall–Kier alpha value is -2.98. The molecule has 0 aliphatic rings. The lowest BCUT2D eigenvalue weighted by molar-refractivity contribution is 0.628. The van der Waals surface area contributed by atoms with E-state index in [4.69, 9.17) is 11.6 Å². The van der Waals surface area contributed by atoms with E-state index in [2.05, 4.69) is 16.5 Å². The summed E-state index contributed by atoms with van der Waals surface area (Å²) >= 11 is 6.14. The van der Waals surface area contributed by atoms with Crippen molar-refractivity contribution in [2.45, 2.75) is 0 Å². The Balaban J connectivity index is 2.16. The monoisotopic (exact) mass is 349 g/mol. The molecule has 4 rings (SSSR count). The molecule has 3 nitrogen and oxygen atoms in total. The molecule has 0 spiro atoms. The molecule has 0 unspecified atom stereocenters. The number of hydrogen-bond donors (Lipinski definition) is 0. The first kappa shape index (κ1) is 15.5. The van der Waals surface area contributed by atoms with E-state index in [1.165, 1.54) is 12.1 Å². The highest BCUT2D eigenvalue weighted by molar-refractivity contribution is 6.30. The molecule has 0 saturated carbocycles. The maximum absolute atomic E-state index is 13.4. The molecule has 0 atom stereocenters. The first-order chi connectivity index (χ1) is 12.2. The molecule has 0 saturated heterocycles. The molecule has 0 aliphatic heterocycles. The molecule has 3 aromatic heterocycles. The number of fused-ring (bicyclic) bond motifs is 1. The first-order valence-corrected chi connectivity index (χ1v) is 8.06. The molecule has 4 aromatic rings. The number of benzene rings is 1. The maximum atomic E-state index is 13.4. The largest absolute Gasteiger partial charge is 0.314 e. The summed E-state index contributed by atoms with van der Waals surface area (Å²) < 4.78 is 15.4. The number of nitrogens with zero attached hydrogens (tertiary/aromatic N) is 3. The first-order valence-electron chi connectivity index (χ1n) is 7.68. The van der Waals surface area contributed by atoms with Crippen LogP contribution in [0.3, 0.4) is 0 Å². The molecular weight excluding hydrogens is 337 g/mol. The van der Waals surface area contributed by atoms with Gasteiger partial charge in [-0.05, 0) is 42.0 Å². The Morgan fingerprint density at radius 2 is 1.68 bits per heavy atom. The molecule has 0 aliphatic carbocycles. The fraction of sp³-hybridized carbons (Fsp3) is 0. The fourth-order valence-corrected chi connectivity index (χ4v) is 3.18. The molecule has 1 aromatic carbocycles. The van der Waals surface area contributed by atoms with Crippen LogP contribution >= 0.6 is 11.6 Å². The van der Waals surface area contributed by atoms with Crippen LogP contribution in [0.2, 0.25) is 5.15 Å². The quantitative estimate of drug-likeness (QED) is 0.447. The zero-order chi connectivity index (χ0) is 17.4. The van der Waals surface area contributed by atoms with Crippen LogP contribution in [0.5, 0.6) is 0 Å². The topological polar surface area (TPSA) is 30.7 Å². The second-order valence-electron chi connectivity index (χ2n) is 5.52. The van der Waals surface area contributed by atoms with Crippen molar-refractivity contribution in [3.05, 3.63) is 78.5 Å². The lowest BCUT2D eigenvalue weighted by Gasteiger charge is -2.08. The molecule has 0 bridgehead atoms. The summed E-state index contributed by atoms with van der Waals surface area (Å²) in [5, 5.41) is 0.401. The van der Waals surface area contributed by atoms with Crippen LogP contribution in [-0.2, 0) is 0 Å². The van der Waals surface area contributed by atoms with Gasteiger partial charge in [-0.3, -0.25) is 4.98 Å². The van der Waals surface area contributed by atoms with Crippen molar-refractivity contribution in [3.63, 3.8) is 0 Å². The van der Waals surface area contributed by atoms with E-state index in [0.29, 0.717) is 5.15 Å². The van der Waals surface area contributed by atoms with Gasteiger partial charge in [-0.15, -0.1) is 0 Å². The summed E-state index contributed by atoms with van der Waals surface area (Å²) in [4.78, 5) is 8.60. The highest BCUT2D eigenvalue weighted by Crippen LogP contribution is 2.40. The van der Waals surface area contributed by atoms with Gasteiger partial charge in [0.1, 0.15) is 11.0 Å². The Kier molecular flexibility index (Phi) is 3.82. The fourth-order valence-electron chi connectivity index (χ4n) is 3.03. The van der Waals surface area contributed by atoms with E-state index in [0.717, 1.165) is 33.4 Å². The second kappa shape index (κ2) is 6.15. The van der Waals surface area contributed by atoms with Gasteiger partial charge in [0.15, 0.2) is 0 Å². The van der Waals surface area contributed by atoms with Crippen molar-refractivity contribution in [2.75, 3.05) is 0 Å². The molecule has 0 N–H and O–H groups in total. The van der Waals surface area contributed by atoms with Crippen LogP contribution in [-0.4, -0.2) is 14.5 Å². The van der Waals surface area contributed by atoms with Crippen LogP contribution in [0.15, 0.2) is 67.5 Å². The van der Waals surface area contributed by atoms with E-state index < -0.39 is 0 Å². The normalized spacial score (nSPS) is 11.0. The van der Waals surface area contributed by atoms with Crippen molar-refractivity contribution in [1.29, 1.82) is 0 Å². The van der Waals surface area contributed by atoms with Gasteiger partial charge in [-0.1, -0.05) is 30.3 Å². The highest BCUT2D eigenvalue weighted by atomic mass is 35.5. The molecule has 5 heteroatoms. The third kappa shape index (κ3) is 2.61. The second-order valence-corrected chi connectivity index (χ2v) is 5.91. The van der Waals surface area contributed by atoms with Crippen LogP contribution in [0.4, 0.5) is 4.39 Å². The molecule has 0 amide bonds. The Bertz CT molecular complexity index is 1070. The molecule has 3 heterocycles. The van der Waals surface area contributed by atoms with E-state index in [9.17, 15) is 4.39 Å². The highest BCUT2D eigenvalue weighted by Gasteiger charge is 2.20.